The SMILES string of the molecule is O=C(c1ccc(F)cc1F)C(F)(F)c1ccccn1. The maximum atomic E-state index is 13.8. The van der Waals surface area contributed by atoms with Crippen LogP contribution < -0.4 is 0 Å². The van der Waals surface area contributed by atoms with E-state index in [9.17, 15) is 22.4 Å². The molecule has 0 bridgehead atoms. The molecule has 6 heteroatoms. The van der Waals surface area contributed by atoms with Crippen LogP contribution in [0.2, 0.25) is 0 Å². The van der Waals surface area contributed by atoms with Crippen molar-refractivity contribution in [1.29, 1.82) is 0 Å². The highest BCUT2D eigenvalue weighted by molar-refractivity contribution is 6.01. The lowest BCUT2D eigenvalue weighted by Gasteiger charge is -2.14. The number of benzene rings is 1. The second-order valence-corrected chi connectivity index (χ2v) is 3.74. The van der Waals surface area contributed by atoms with E-state index in [2.05, 4.69) is 4.98 Å². The third-order valence-corrected chi connectivity index (χ3v) is 2.45. The summed E-state index contributed by atoms with van der Waals surface area (Å²) in [5.74, 6) is -8.01. The smallest absolute Gasteiger partial charge is 0.287 e. The topological polar surface area (TPSA) is 30.0 Å². The summed E-state index contributed by atoms with van der Waals surface area (Å²) in [5, 5.41) is 0. The van der Waals surface area contributed by atoms with Gasteiger partial charge in [0.1, 0.15) is 17.3 Å². The molecular weight excluding hydrogens is 262 g/mol. The number of carbonyl (C=O) groups excluding carboxylic acids is 1. The fourth-order valence-corrected chi connectivity index (χ4v) is 1.51. The number of carbonyl (C=O) groups is 1. The summed E-state index contributed by atoms with van der Waals surface area (Å²) < 4.78 is 53.7. The van der Waals surface area contributed by atoms with Crippen molar-refractivity contribution in [3.05, 3.63) is 65.5 Å². The van der Waals surface area contributed by atoms with Crippen molar-refractivity contribution in [2.24, 2.45) is 0 Å². The number of halogens is 4. The van der Waals surface area contributed by atoms with E-state index < -0.39 is 34.6 Å². The fraction of sp³-hybridized carbons (Fsp3) is 0.0769. The van der Waals surface area contributed by atoms with Gasteiger partial charge in [-0.2, -0.15) is 8.78 Å². The number of pyridine rings is 1. The van der Waals surface area contributed by atoms with Crippen molar-refractivity contribution < 1.29 is 22.4 Å². The van der Waals surface area contributed by atoms with Crippen molar-refractivity contribution >= 4 is 5.78 Å². The van der Waals surface area contributed by atoms with E-state index >= 15 is 0 Å². The van der Waals surface area contributed by atoms with Crippen molar-refractivity contribution in [3.63, 3.8) is 0 Å². The van der Waals surface area contributed by atoms with Gasteiger partial charge < -0.3 is 0 Å². The fourth-order valence-electron chi connectivity index (χ4n) is 1.51. The Morgan fingerprint density at radius 1 is 1.11 bits per heavy atom. The summed E-state index contributed by atoms with van der Waals surface area (Å²) in [6.45, 7) is 0. The van der Waals surface area contributed by atoms with E-state index in [1.807, 2.05) is 0 Å². The first-order valence-corrected chi connectivity index (χ1v) is 5.22. The highest BCUT2D eigenvalue weighted by Gasteiger charge is 2.43. The van der Waals surface area contributed by atoms with Crippen LogP contribution in [-0.2, 0) is 5.92 Å². The molecule has 0 aliphatic carbocycles. The minimum Gasteiger partial charge on any atom is -0.287 e. The Labute approximate surface area is 105 Å². The van der Waals surface area contributed by atoms with Gasteiger partial charge >= 0.3 is 5.92 Å². The van der Waals surface area contributed by atoms with Crippen molar-refractivity contribution in [1.82, 2.24) is 4.98 Å². The highest BCUT2D eigenvalue weighted by Crippen LogP contribution is 2.31. The lowest BCUT2D eigenvalue weighted by atomic mass is 10.0. The molecule has 0 aliphatic rings. The summed E-state index contributed by atoms with van der Waals surface area (Å²) in [7, 11) is 0. The van der Waals surface area contributed by atoms with Crippen LogP contribution in [-0.4, -0.2) is 10.8 Å². The van der Waals surface area contributed by atoms with Gasteiger partial charge in [-0.15, -0.1) is 0 Å². The second-order valence-electron chi connectivity index (χ2n) is 3.74. The summed E-state index contributed by atoms with van der Waals surface area (Å²) in [4.78, 5) is 15.0. The molecule has 0 atom stereocenters. The Morgan fingerprint density at radius 3 is 2.42 bits per heavy atom. The molecule has 2 nitrogen and oxygen atoms in total. The summed E-state index contributed by atoms with van der Waals surface area (Å²) in [5.41, 5.74) is -1.67. The molecule has 0 N–H and O–H groups in total. The Bertz CT molecular complexity index is 613. The number of hydrogen-bond donors (Lipinski definition) is 0. The summed E-state index contributed by atoms with van der Waals surface area (Å²) in [6.07, 6.45) is 1.09. The lowest BCUT2D eigenvalue weighted by molar-refractivity contribution is 0.00426. The summed E-state index contributed by atoms with van der Waals surface area (Å²) >= 11 is 0. The standard InChI is InChI=1S/C13H7F4NO/c14-8-4-5-9(10(15)7-8)12(19)13(16,17)11-3-1-2-6-18-11/h1-7H. The molecule has 1 heterocycles. The number of nitrogens with zero attached hydrogens (tertiary/aromatic N) is 1. The number of aromatic nitrogens is 1. The van der Waals surface area contributed by atoms with Gasteiger partial charge in [-0.1, -0.05) is 6.07 Å². The van der Waals surface area contributed by atoms with Crippen molar-refractivity contribution in [3.8, 4) is 0 Å². The molecule has 0 saturated heterocycles. The molecule has 1 aromatic carbocycles. The molecule has 2 rings (SSSR count). The first-order chi connectivity index (χ1) is 8.93. The van der Waals surface area contributed by atoms with Crippen molar-refractivity contribution in [2.75, 3.05) is 0 Å². The molecule has 1 aromatic heterocycles. The largest absolute Gasteiger partial charge is 0.351 e. The van der Waals surface area contributed by atoms with Crippen LogP contribution in [0.25, 0.3) is 0 Å². The van der Waals surface area contributed by atoms with Gasteiger partial charge in [0.05, 0.1) is 5.56 Å². The van der Waals surface area contributed by atoms with E-state index in [0.29, 0.717) is 12.1 Å². The molecule has 0 saturated carbocycles. The molecule has 0 fully saturated rings. The Morgan fingerprint density at radius 2 is 1.84 bits per heavy atom. The first-order valence-electron chi connectivity index (χ1n) is 5.22. The highest BCUT2D eigenvalue weighted by atomic mass is 19.3. The molecule has 0 spiro atoms. The number of Topliss-reactive ketones (excluding diaryl/α,β-unsaturated/α-hetero) is 1. The maximum absolute atomic E-state index is 13.8. The van der Waals surface area contributed by atoms with Gasteiger partial charge in [0.25, 0.3) is 0 Å². The van der Waals surface area contributed by atoms with Crippen molar-refractivity contribution in [2.45, 2.75) is 5.92 Å². The quantitative estimate of drug-likeness (QED) is 0.632. The molecule has 2 aromatic rings. The molecule has 0 amide bonds. The zero-order valence-corrected chi connectivity index (χ0v) is 9.41. The molecule has 0 aliphatic heterocycles. The lowest BCUT2D eigenvalue weighted by Crippen LogP contribution is -2.28. The van der Waals surface area contributed by atoms with E-state index in [-0.39, 0.29) is 0 Å². The predicted molar refractivity (Wildman–Crippen MR) is 58.8 cm³/mol. The van der Waals surface area contributed by atoms with Crippen LogP contribution in [0.3, 0.4) is 0 Å². The van der Waals surface area contributed by atoms with Gasteiger partial charge in [-0.3, -0.25) is 9.78 Å². The van der Waals surface area contributed by atoms with Crippen LogP contribution >= 0.6 is 0 Å². The monoisotopic (exact) mass is 269 g/mol. The average Bonchev–Trinajstić information content (AvgIpc) is 2.39. The van der Waals surface area contributed by atoms with Gasteiger partial charge in [0.15, 0.2) is 0 Å². The summed E-state index contributed by atoms with van der Waals surface area (Å²) in [6, 6.07) is 5.45. The molecule has 19 heavy (non-hydrogen) atoms. The van der Waals surface area contributed by atoms with Gasteiger partial charge in [-0.25, -0.2) is 8.78 Å². The van der Waals surface area contributed by atoms with Gasteiger partial charge in [-0.05, 0) is 24.3 Å². The van der Waals surface area contributed by atoms with Crippen LogP contribution in [0.15, 0.2) is 42.6 Å². The Hall–Kier alpha value is -2.24. The number of rotatable bonds is 3. The van der Waals surface area contributed by atoms with E-state index in [1.165, 1.54) is 12.1 Å². The zero-order valence-electron chi connectivity index (χ0n) is 9.41. The van der Waals surface area contributed by atoms with Crippen LogP contribution in [0.4, 0.5) is 17.6 Å². The molecular formula is C13H7F4NO. The van der Waals surface area contributed by atoms with Gasteiger partial charge in [0, 0.05) is 12.3 Å². The predicted octanol–water partition coefficient (Wildman–Crippen LogP) is 3.33. The Balaban J connectivity index is 2.43. The number of hydrogen-bond acceptors (Lipinski definition) is 2. The minimum atomic E-state index is -3.97. The maximum Gasteiger partial charge on any atom is 0.351 e. The molecule has 0 radical (unpaired) electrons. The molecule has 0 unspecified atom stereocenters. The zero-order chi connectivity index (χ0) is 14.0. The second kappa shape index (κ2) is 4.79. The number of ketones is 1. The van der Waals surface area contributed by atoms with E-state index in [1.54, 1.807) is 0 Å². The Kier molecular flexibility index (Phi) is 3.33. The average molecular weight is 269 g/mol. The van der Waals surface area contributed by atoms with Crippen LogP contribution in [0.1, 0.15) is 16.1 Å². The van der Waals surface area contributed by atoms with Crippen LogP contribution in [0, 0.1) is 11.6 Å². The normalized spacial score (nSPS) is 11.4. The minimum absolute atomic E-state index is 0.377. The van der Waals surface area contributed by atoms with E-state index in [4.69, 9.17) is 0 Å². The van der Waals surface area contributed by atoms with Crippen LogP contribution in [0.5, 0.6) is 0 Å². The third-order valence-electron chi connectivity index (χ3n) is 2.45. The third kappa shape index (κ3) is 2.47. The van der Waals surface area contributed by atoms with Gasteiger partial charge in [0.2, 0.25) is 5.78 Å². The van der Waals surface area contributed by atoms with E-state index in [0.717, 1.165) is 18.3 Å². The first kappa shape index (κ1) is 13.2. The number of alkyl halides is 2. The molecule has 98 valence electrons.